The van der Waals surface area contributed by atoms with Crippen LogP contribution in [-0.2, 0) is 0 Å². The highest BCUT2D eigenvalue weighted by Crippen LogP contribution is 2.43. The molecule has 0 aliphatic heterocycles. The van der Waals surface area contributed by atoms with Gasteiger partial charge in [0, 0.05) is 32.6 Å². The minimum atomic E-state index is 1.17. The fraction of sp³-hybridized carbons (Fsp3) is 0. The summed E-state index contributed by atoms with van der Waals surface area (Å²) in [7, 11) is 0. The molecule has 0 aliphatic rings. The minimum Gasteiger partial charge on any atom is -0.309 e. The predicted molar refractivity (Wildman–Crippen MR) is 231 cm³/mol. The van der Waals surface area contributed by atoms with Crippen LogP contribution in [0.15, 0.2) is 194 Å². The Morgan fingerprint density at radius 2 is 0.741 bits per heavy atom. The third kappa shape index (κ3) is 4.11. The van der Waals surface area contributed by atoms with Crippen molar-refractivity contribution in [3.63, 3.8) is 0 Å². The number of benzene rings is 10. The largest absolute Gasteiger partial charge is 0.309 e. The van der Waals surface area contributed by atoms with Gasteiger partial charge in [-0.15, -0.1) is 0 Å². The van der Waals surface area contributed by atoms with Crippen molar-refractivity contribution >= 4 is 86.7 Å². The number of rotatable bonds is 3. The van der Waals surface area contributed by atoms with E-state index >= 15 is 0 Å². The van der Waals surface area contributed by atoms with Crippen molar-refractivity contribution in [2.75, 3.05) is 0 Å². The molecule has 2 nitrogen and oxygen atoms in total. The van der Waals surface area contributed by atoms with E-state index in [1.807, 2.05) is 0 Å². The average molecular weight is 685 g/mol. The van der Waals surface area contributed by atoms with Crippen LogP contribution in [0.5, 0.6) is 0 Å². The lowest BCUT2D eigenvalue weighted by molar-refractivity contribution is 1.18. The van der Waals surface area contributed by atoms with E-state index in [1.54, 1.807) is 0 Å². The van der Waals surface area contributed by atoms with Gasteiger partial charge in [-0.3, -0.25) is 0 Å². The molecule has 250 valence electrons. The van der Waals surface area contributed by atoms with E-state index in [0.29, 0.717) is 0 Å². The van der Waals surface area contributed by atoms with E-state index in [2.05, 4.69) is 203 Å². The Kier molecular flexibility index (Phi) is 6.09. The SMILES string of the molecule is c1ccc(-n2c3ccccc3c3ccc(-c4ccc5c(c4)c4ccccc4c4cc6c(cc54)c4ccccc4n6-c4cccc5ccccc45)cc32)cc1. The summed E-state index contributed by atoms with van der Waals surface area (Å²) in [6.45, 7) is 0. The van der Waals surface area contributed by atoms with Crippen molar-refractivity contribution in [1.82, 2.24) is 9.13 Å². The number of hydrogen-bond acceptors (Lipinski definition) is 0. The second-order valence-corrected chi connectivity index (χ2v) is 14.5. The summed E-state index contributed by atoms with van der Waals surface area (Å²) in [5.74, 6) is 0. The van der Waals surface area contributed by atoms with Crippen molar-refractivity contribution in [2.45, 2.75) is 0 Å². The highest BCUT2D eigenvalue weighted by Gasteiger charge is 2.19. The van der Waals surface area contributed by atoms with Gasteiger partial charge in [0.25, 0.3) is 0 Å². The average Bonchev–Trinajstić information content (AvgIpc) is 3.75. The van der Waals surface area contributed by atoms with E-state index in [0.717, 1.165) is 0 Å². The maximum Gasteiger partial charge on any atom is 0.0547 e. The van der Waals surface area contributed by atoms with Gasteiger partial charge in [0.1, 0.15) is 0 Å². The van der Waals surface area contributed by atoms with Gasteiger partial charge in [-0.1, -0.05) is 140 Å². The first-order valence-corrected chi connectivity index (χ1v) is 18.7. The molecule has 2 heteroatoms. The summed E-state index contributed by atoms with van der Waals surface area (Å²) in [4.78, 5) is 0. The quantitative estimate of drug-likeness (QED) is 0.164. The Hall–Kier alpha value is -7.16. The maximum absolute atomic E-state index is 2.47. The van der Waals surface area contributed by atoms with Gasteiger partial charge < -0.3 is 9.13 Å². The molecule has 0 fully saturated rings. The molecule has 0 amide bonds. The molecule has 0 bridgehead atoms. The van der Waals surface area contributed by atoms with Crippen LogP contribution in [0.25, 0.3) is 109 Å². The Morgan fingerprint density at radius 3 is 1.52 bits per heavy atom. The lowest BCUT2D eigenvalue weighted by Gasteiger charge is -2.15. The van der Waals surface area contributed by atoms with Crippen molar-refractivity contribution < 1.29 is 0 Å². The molecule has 2 heterocycles. The van der Waals surface area contributed by atoms with Gasteiger partial charge >= 0.3 is 0 Å². The van der Waals surface area contributed by atoms with Crippen molar-refractivity contribution in [2.24, 2.45) is 0 Å². The standard InChI is InChI=1S/C52H32N2/c1-2-15-36(16-3-1)53-49-22-10-8-20-41(49)43-28-26-35(30-51(43)53)34-25-27-40-44(29-34)38-18-6-7-19-39(38)46-32-52-47(31-45(40)46)42-21-9-11-23-50(42)54(52)48-24-12-14-33-13-4-5-17-37(33)48/h1-32H. The molecule has 0 atom stereocenters. The van der Waals surface area contributed by atoms with E-state index in [-0.39, 0.29) is 0 Å². The molecule has 54 heavy (non-hydrogen) atoms. The molecule has 0 saturated carbocycles. The fourth-order valence-electron chi connectivity index (χ4n) is 9.26. The van der Waals surface area contributed by atoms with Crippen LogP contribution in [0, 0.1) is 0 Å². The van der Waals surface area contributed by atoms with Gasteiger partial charge in [0.15, 0.2) is 0 Å². The Morgan fingerprint density at radius 1 is 0.241 bits per heavy atom. The van der Waals surface area contributed by atoms with E-state index in [4.69, 9.17) is 0 Å². The number of para-hydroxylation sites is 3. The summed E-state index contributed by atoms with van der Waals surface area (Å²) in [5.41, 5.74) is 9.69. The smallest absolute Gasteiger partial charge is 0.0547 e. The zero-order chi connectivity index (χ0) is 35.3. The van der Waals surface area contributed by atoms with Gasteiger partial charge in [0.05, 0.1) is 27.8 Å². The molecule has 0 spiro atoms. The predicted octanol–water partition coefficient (Wildman–Crippen LogP) is 14.2. The number of aromatic nitrogens is 2. The number of nitrogens with zero attached hydrogens (tertiary/aromatic N) is 2. The third-order valence-electron chi connectivity index (χ3n) is 11.7. The third-order valence-corrected chi connectivity index (χ3v) is 11.7. The lowest BCUT2D eigenvalue weighted by atomic mass is 9.91. The Balaban J connectivity index is 1.13. The fourth-order valence-corrected chi connectivity index (χ4v) is 9.26. The molecule has 0 aliphatic carbocycles. The molecule has 12 aromatic rings. The molecular formula is C52H32N2. The van der Waals surface area contributed by atoms with Crippen LogP contribution in [0.4, 0.5) is 0 Å². The lowest BCUT2D eigenvalue weighted by Crippen LogP contribution is -1.95. The minimum absolute atomic E-state index is 1.17. The van der Waals surface area contributed by atoms with Crippen LogP contribution >= 0.6 is 0 Å². The van der Waals surface area contributed by atoms with Crippen molar-refractivity contribution in [3.8, 4) is 22.5 Å². The molecule has 0 N–H and O–H groups in total. The summed E-state index contributed by atoms with van der Waals surface area (Å²) in [5, 5.41) is 15.2. The highest BCUT2D eigenvalue weighted by atomic mass is 15.0. The number of fused-ring (bicyclic) bond motifs is 13. The topological polar surface area (TPSA) is 9.86 Å². The second-order valence-electron chi connectivity index (χ2n) is 14.5. The van der Waals surface area contributed by atoms with Crippen LogP contribution in [0.1, 0.15) is 0 Å². The Labute approximate surface area is 311 Å². The van der Waals surface area contributed by atoms with E-state index < -0.39 is 0 Å². The van der Waals surface area contributed by atoms with Crippen LogP contribution in [0.3, 0.4) is 0 Å². The van der Waals surface area contributed by atoms with Crippen LogP contribution < -0.4 is 0 Å². The molecule has 0 unspecified atom stereocenters. The molecular weight excluding hydrogens is 653 g/mol. The summed E-state index contributed by atoms with van der Waals surface area (Å²) >= 11 is 0. The molecule has 0 radical (unpaired) electrons. The highest BCUT2D eigenvalue weighted by molar-refractivity contribution is 6.29. The summed E-state index contributed by atoms with van der Waals surface area (Å²) in [6, 6.07) is 71.6. The zero-order valence-electron chi connectivity index (χ0n) is 29.4. The van der Waals surface area contributed by atoms with Crippen LogP contribution in [-0.4, -0.2) is 9.13 Å². The van der Waals surface area contributed by atoms with Gasteiger partial charge in [-0.2, -0.15) is 0 Å². The summed E-state index contributed by atoms with van der Waals surface area (Å²) < 4.78 is 4.87. The van der Waals surface area contributed by atoms with E-state index in [1.165, 1.54) is 109 Å². The van der Waals surface area contributed by atoms with Gasteiger partial charge in [-0.05, 0) is 103 Å². The second kappa shape index (κ2) is 11.2. The first-order chi connectivity index (χ1) is 26.8. The zero-order valence-corrected chi connectivity index (χ0v) is 29.4. The monoisotopic (exact) mass is 684 g/mol. The van der Waals surface area contributed by atoms with Crippen molar-refractivity contribution in [1.29, 1.82) is 0 Å². The molecule has 2 aromatic heterocycles. The van der Waals surface area contributed by atoms with Gasteiger partial charge in [-0.25, -0.2) is 0 Å². The van der Waals surface area contributed by atoms with Crippen molar-refractivity contribution in [3.05, 3.63) is 194 Å². The summed E-state index contributed by atoms with van der Waals surface area (Å²) in [6.07, 6.45) is 0. The first-order valence-electron chi connectivity index (χ1n) is 18.7. The van der Waals surface area contributed by atoms with Crippen LogP contribution in [0.2, 0.25) is 0 Å². The first kappa shape index (κ1) is 29.4. The Bertz CT molecular complexity index is 3490. The normalized spacial score (nSPS) is 12.1. The molecule has 12 rings (SSSR count). The van der Waals surface area contributed by atoms with Gasteiger partial charge in [0.2, 0.25) is 0 Å². The number of hydrogen-bond donors (Lipinski definition) is 0. The maximum atomic E-state index is 2.47. The molecule has 0 saturated heterocycles. The van der Waals surface area contributed by atoms with E-state index in [9.17, 15) is 0 Å². The molecule has 10 aromatic carbocycles.